The van der Waals surface area contributed by atoms with Crippen LogP contribution in [0.1, 0.15) is 45.1 Å². The molecule has 0 aliphatic heterocycles. The first-order chi connectivity index (χ1) is 17.8. The van der Waals surface area contributed by atoms with Crippen LogP contribution in [0.25, 0.3) is 0 Å². The number of hydrogen-bond acceptors (Lipinski definition) is 8. The maximum Gasteiger partial charge on any atom is 0.270 e. The Morgan fingerprint density at radius 2 is 1.92 bits per heavy atom. The minimum Gasteiger partial charge on any atom is -0.481 e. The number of amides is 2. The summed E-state index contributed by atoms with van der Waals surface area (Å²) >= 11 is 0. The average molecular weight is 514 g/mol. The van der Waals surface area contributed by atoms with Gasteiger partial charge < -0.3 is 26.8 Å². The summed E-state index contributed by atoms with van der Waals surface area (Å²) in [6.07, 6.45) is 10.6. The van der Waals surface area contributed by atoms with Crippen LogP contribution in [-0.4, -0.2) is 47.9 Å². The maximum absolute atomic E-state index is 14.2. The number of halogens is 1. The molecule has 1 heterocycles. The van der Waals surface area contributed by atoms with Gasteiger partial charge in [-0.15, -0.1) is 0 Å². The Balaban J connectivity index is 1.76. The first kappa shape index (κ1) is 27.8. The predicted molar refractivity (Wildman–Crippen MR) is 140 cm³/mol. The second-order valence-corrected chi connectivity index (χ2v) is 9.53. The van der Waals surface area contributed by atoms with Crippen molar-refractivity contribution in [2.45, 2.75) is 58.2 Å². The normalized spacial score (nSPS) is 17.6. The zero-order valence-corrected chi connectivity index (χ0v) is 21.5. The van der Waals surface area contributed by atoms with Gasteiger partial charge in [-0.1, -0.05) is 0 Å². The first-order valence-corrected chi connectivity index (χ1v) is 12.5. The molecule has 2 fully saturated rings. The molecule has 37 heavy (non-hydrogen) atoms. The number of rotatable bonds is 13. The highest BCUT2D eigenvalue weighted by atomic mass is 19.1. The number of carbonyl (C=O) groups is 2. The van der Waals surface area contributed by atoms with Gasteiger partial charge in [0.1, 0.15) is 17.6 Å². The number of pyridine rings is 1. The molecule has 1 unspecified atom stereocenters. The van der Waals surface area contributed by atoms with Crippen LogP contribution >= 0.6 is 0 Å². The number of aromatic nitrogens is 1. The smallest absolute Gasteiger partial charge is 0.270 e. The monoisotopic (exact) mass is 513 g/mol. The molecular weight excluding hydrogens is 477 g/mol. The fraction of sp³-hybridized carbons (Fsp3) is 0.500. The Kier molecular flexibility index (Phi) is 9.76. The number of hydrogen-bond donors (Lipinski definition) is 4. The maximum atomic E-state index is 14.2. The van der Waals surface area contributed by atoms with Gasteiger partial charge in [0, 0.05) is 24.7 Å². The molecule has 1 atom stereocenters. The van der Waals surface area contributed by atoms with E-state index in [9.17, 15) is 14.0 Å². The highest BCUT2D eigenvalue weighted by Crippen LogP contribution is 2.50. The summed E-state index contributed by atoms with van der Waals surface area (Å²) < 4.78 is 19.3. The van der Waals surface area contributed by atoms with Crippen molar-refractivity contribution < 1.29 is 18.7 Å². The van der Waals surface area contributed by atoms with E-state index in [1.807, 2.05) is 13.8 Å². The summed E-state index contributed by atoms with van der Waals surface area (Å²) in [5, 5.41) is 5.68. The van der Waals surface area contributed by atoms with Gasteiger partial charge in [0.15, 0.2) is 0 Å². The quantitative estimate of drug-likeness (QED) is 0.295. The van der Waals surface area contributed by atoms with Gasteiger partial charge in [-0.25, -0.2) is 9.37 Å². The van der Waals surface area contributed by atoms with Crippen molar-refractivity contribution in [2.75, 3.05) is 7.11 Å². The lowest BCUT2D eigenvalue weighted by Crippen LogP contribution is -2.53. The number of carbonyl (C=O) groups excluding carboxylic acids is 2. The molecule has 2 aliphatic carbocycles. The van der Waals surface area contributed by atoms with Crippen LogP contribution in [0.15, 0.2) is 46.4 Å². The summed E-state index contributed by atoms with van der Waals surface area (Å²) in [5.74, 6) is -0.478. The zero-order valence-electron chi connectivity index (χ0n) is 21.5. The van der Waals surface area contributed by atoms with Gasteiger partial charge in [-0.3, -0.25) is 19.6 Å². The van der Waals surface area contributed by atoms with Crippen LogP contribution in [0.3, 0.4) is 0 Å². The molecule has 1 aromatic heterocycles. The molecule has 0 aromatic carbocycles. The van der Waals surface area contributed by atoms with Gasteiger partial charge in [-0.05, 0) is 75.6 Å². The number of allylic oxidation sites excluding steroid dienone is 1. The molecule has 0 spiro atoms. The highest BCUT2D eigenvalue weighted by Gasteiger charge is 2.48. The van der Waals surface area contributed by atoms with Gasteiger partial charge in [0.05, 0.1) is 24.9 Å². The van der Waals surface area contributed by atoms with Crippen LogP contribution < -0.4 is 26.8 Å². The van der Waals surface area contributed by atoms with Crippen LogP contribution in [0, 0.1) is 23.6 Å². The van der Waals surface area contributed by atoms with Crippen molar-refractivity contribution in [1.29, 1.82) is 0 Å². The van der Waals surface area contributed by atoms with Gasteiger partial charge in [0.2, 0.25) is 11.8 Å². The average Bonchev–Trinajstić information content (AvgIpc) is 3.78. The largest absolute Gasteiger partial charge is 0.481 e. The number of ether oxygens (including phenoxy) is 1. The minimum absolute atomic E-state index is 0.0100. The third-order valence-corrected chi connectivity index (χ3v) is 6.25. The lowest BCUT2D eigenvalue weighted by atomic mass is 9.88. The molecular formula is C26H36FN7O3. The topological polar surface area (TPSA) is 157 Å². The summed E-state index contributed by atoms with van der Waals surface area (Å²) in [4.78, 5) is 39.1. The third kappa shape index (κ3) is 7.86. The Hall–Kier alpha value is -3.76. The molecule has 3 rings (SSSR count). The number of nitrogens with two attached hydrogens (primary N) is 2. The van der Waals surface area contributed by atoms with Crippen LogP contribution in [0.4, 0.5) is 4.39 Å². The summed E-state index contributed by atoms with van der Waals surface area (Å²) in [7, 11) is 1.39. The second-order valence-electron chi connectivity index (χ2n) is 9.53. The van der Waals surface area contributed by atoms with E-state index >= 15 is 0 Å². The van der Waals surface area contributed by atoms with E-state index in [1.54, 1.807) is 0 Å². The van der Waals surface area contributed by atoms with Crippen LogP contribution in [0.5, 0.6) is 5.88 Å². The molecule has 11 heteroatoms. The van der Waals surface area contributed by atoms with E-state index in [2.05, 4.69) is 25.6 Å². The molecule has 0 radical (unpaired) electrons. The molecule has 2 saturated carbocycles. The van der Waals surface area contributed by atoms with Crippen molar-refractivity contribution in [3.63, 3.8) is 0 Å². The molecule has 0 bridgehead atoms. The van der Waals surface area contributed by atoms with E-state index in [4.69, 9.17) is 16.2 Å². The standard InChI is InChI=1S/C26H36FN7O3/c1-15(2)32-21(8-10-28)24(35)34-23(22(16-4-5-16)17-6-7-17)25(36)33-18(12-29)13-30-14-19-20(27)9-11-31-26(19)37-3/h8-13,15-17,22-23H,4-7,14,28-29H2,1-3H3,(H,33,36)(H,34,35). The first-order valence-electron chi connectivity index (χ1n) is 12.5. The lowest BCUT2D eigenvalue weighted by molar-refractivity contribution is -0.127. The molecule has 2 amide bonds. The van der Waals surface area contributed by atoms with Crippen molar-refractivity contribution in [3.05, 3.63) is 47.8 Å². The zero-order chi connectivity index (χ0) is 26.9. The number of methoxy groups -OCH3 is 1. The lowest BCUT2D eigenvalue weighted by Gasteiger charge is -2.27. The van der Waals surface area contributed by atoms with E-state index in [-0.39, 0.29) is 41.4 Å². The summed E-state index contributed by atoms with van der Waals surface area (Å²) in [5.41, 5.74) is 11.8. The molecule has 200 valence electrons. The van der Waals surface area contributed by atoms with Gasteiger partial charge in [-0.2, -0.15) is 0 Å². The van der Waals surface area contributed by atoms with Crippen LogP contribution in [0.2, 0.25) is 0 Å². The fourth-order valence-electron chi connectivity index (χ4n) is 4.33. The Morgan fingerprint density at radius 3 is 2.46 bits per heavy atom. The molecule has 6 N–H and O–H groups in total. The van der Waals surface area contributed by atoms with E-state index in [0.717, 1.165) is 25.7 Å². The van der Waals surface area contributed by atoms with Gasteiger partial charge >= 0.3 is 0 Å². The number of nitrogens with zero attached hydrogens (tertiary/aromatic N) is 3. The predicted octanol–water partition coefficient (Wildman–Crippen LogP) is 1.96. The molecule has 1 aromatic rings. The Morgan fingerprint density at radius 1 is 1.24 bits per heavy atom. The molecule has 10 nitrogen and oxygen atoms in total. The third-order valence-electron chi connectivity index (χ3n) is 6.25. The SMILES string of the molecule is COc1nccc(F)c1CN=CC(=CN)NC(=O)C(NC(=O)C(C=CN)=NC(C)C)C(C1CC1)C1CC1. The summed E-state index contributed by atoms with van der Waals surface area (Å²) in [6.45, 7) is 3.64. The van der Waals surface area contributed by atoms with Crippen LogP contribution in [-0.2, 0) is 16.1 Å². The fourth-order valence-corrected chi connectivity index (χ4v) is 4.33. The number of aliphatic imine (C=N–C) groups is 2. The summed E-state index contributed by atoms with van der Waals surface area (Å²) in [6, 6.07) is 0.308. The van der Waals surface area contributed by atoms with E-state index < -0.39 is 23.7 Å². The highest BCUT2D eigenvalue weighted by molar-refractivity contribution is 6.43. The minimum atomic E-state index is -0.782. The van der Waals surface area contributed by atoms with Crippen molar-refractivity contribution >= 4 is 23.7 Å². The molecule has 2 aliphatic rings. The van der Waals surface area contributed by atoms with Gasteiger partial charge in [0.25, 0.3) is 5.91 Å². The Labute approximate surface area is 216 Å². The van der Waals surface area contributed by atoms with E-state index in [1.165, 1.54) is 44.1 Å². The van der Waals surface area contributed by atoms with E-state index in [0.29, 0.717) is 11.8 Å². The number of nitrogens with one attached hydrogen (secondary N) is 2. The van der Waals surface area contributed by atoms with Crippen molar-refractivity contribution in [2.24, 2.45) is 39.2 Å². The second kappa shape index (κ2) is 13.0. The van der Waals surface area contributed by atoms with Crippen molar-refractivity contribution in [3.8, 4) is 5.88 Å². The molecule has 0 saturated heterocycles. The van der Waals surface area contributed by atoms with Crippen molar-refractivity contribution in [1.82, 2.24) is 15.6 Å². The Bertz CT molecular complexity index is 1080.